The van der Waals surface area contributed by atoms with Crippen molar-refractivity contribution in [1.82, 2.24) is 20.4 Å². The minimum Gasteiger partial charge on any atom is -0.357 e. The van der Waals surface area contributed by atoms with Crippen LogP contribution >= 0.6 is 0 Å². The van der Waals surface area contributed by atoms with Crippen molar-refractivity contribution in [3.63, 3.8) is 0 Å². The minimum atomic E-state index is -0.118. The van der Waals surface area contributed by atoms with E-state index in [9.17, 15) is 4.79 Å². The Bertz CT molecular complexity index is 921. The number of rotatable bonds is 8. The molecule has 3 N–H and O–H groups in total. The number of aliphatic imine (C=N–C) groups is 1. The highest BCUT2D eigenvalue weighted by atomic mass is 16.2. The molecule has 2 aromatic carbocycles. The lowest BCUT2D eigenvalue weighted by atomic mass is 10.2. The maximum atomic E-state index is 12.1. The summed E-state index contributed by atoms with van der Waals surface area (Å²) in [5.41, 5.74) is 2.95. The number of carbonyl (C=O) groups excluding carboxylic acids is 1. The molecule has 0 bridgehead atoms. The van der Waals surface area contributed by atoms with Gasteiger partial charge in [0.1, 0.15) is 6.54 Å². The number of nitrogens with zero attached hydrogens (tertiary/aromatic N) is 3. The first-order valence-corrected chi connectivity index (χ1v) is 9.65. The van der Waals surface area contributed by atoms with Crippen LogP contribution in [0, 0.1) is 0 Å². The Morgan fingerprint density at radius 3 is 2.62 bits per heavy atom. The molecule has 29 heavy (non-hydrogen) atoms. The van der Waals surface area contributed by atoms with E-state index >= 15 is 0 Å². The molecule has 0 aliphatic heterocycles. The first kappa shape index (κ1) is 20.1. The maximum absolute atomic E-state index is 12.1. The third-order valence-electron chi connectivity index (χ3n) is 4.14. The highest BCUT2D eigenvalue weighted by Crippen LogP contribution is 2.12. The Labute approximate surface area is 170 Å². The van der Waals surface area contributed by atoms with Gasteiger partial charge < -0.3 is 16.0 Å². The van der Waals surface area contributed by atoms with Crippen molar-refractivity contribution in [1.29, 1.82) is 0 Å². The fourth-order valence-electron chi connectivity index (χ4n) is 2.78. The van der Waals surface area contributed by atoms with Crippen molar-refractivity contribution in [3.05, 3.63) is 84.2 Å². The van der Waals surface area contributed by atoms with E-state index in [1.165, 1.54) is 5.56 Å². The third-order valence-corrected chi connectivity index (χ3v) is 4.14. The van der Waals surface area contributed by atoms with Gasteiger partial charge in [0.25, 0.3) is 0 Å². The SMILES string of the molecule is CCNC(=NCc1cccc(NC(=O)Cn2cccn2)c1)NCc1ccccc1. The van der Waals surface area contributed by atoms with Gasteiger partial charge in [-0.25, -0.2) is 4.99 Å². The van der Waals surface area contributed by atoms with Gasteiger partial charge in [0.05, 0.1) is 6.54 Å². The van der Waals surface area contributed by atoms with E-state index in [0.717, 1.165) is 23.8 Å². The lowest BCUT2D eigenvalue weighted by Gasteiger charge is -2.12. The zero-order valence-electron chi connectivity index (χ0n) is 16.5. The van der Waals surface area contributed by atoms with E-state index in [0.29, 0.717) is 13.1 Å². The number of guanidine groups is 1. The Hall–Kier alpha value is -3.61. The number of benzene rings is 2. The van der Waals surface area contributed by atoms with Crippen LogP contribution in [0.15, 0.2) is 78.0 Å². The van der Waals surface area contributed by atoms with Gasteiger partial charge in [-0.1, -0.05) is 42.5 Å². The van der Waals surface area contributed by atoms with E-state index < -0.39 is 0 Å². The van der Waals surface area contributed by atoms with Gasteiger partial charge in [-0.05, 0) is 36.2 Å². The maximum Gasteiger partial charge on any atom is 0.246 e. The van der Waals surface area contributed by atoms with Crippen LogP contribution in [0.5, 0.6) is 0 Å². The van der Waals surface area contributed by atoms with Gasteiger partial charge in [-0.15, -0.1) is 0 Å². The van der Waals surface area contributed by atoms with E-state index in [1.54, 1.807) is 23.1 Å². The summed E-state index contributed by atoms with van der Waals surface area (Å²) in [5, 5.41) is 13.5. The molecule has 0 fully saturated rings. The van der Waals surface area contributed by atoms with Gasteiger partial charge >= 0.3 is 0 Å². The van der Waals surface area contributed by atoms with Crippen molar-refractivity contribution in [2.45, 2.75) is 26.6 Å². The summed E-state index contributed by atoms with van der Waals surface area (Å²) in [5.74, 6) is 0.636. The summed E-state index contributed by atoms with van der Waals surface area (Å²) in [4.78, 5) is 16.8. The number of hydrogen-bond acceptors (Lipinski definition) is 3. The molecule has 3 aromatic rings. The normalized spacial score (nSPS) is 11.1. The Morgan fingerprint density at radius 1 is 1.03 bits per heavy atom. The zero-order valence-corrected chi connectivity index (χ0v) is 16.5. The van der Waals surface area contributed by atoms with Crippen molar-refractivity contribution in [2.24, 2.45) is 4.99 Å². The molecule has 0 saturated heterocycles. The molecule has 0 atom stereocenters. The standard InChI is InChI=1S/C22H26N6O/c1-2-23-22(24-15-18-8-4-3-5-9-18)25-16-19-10-6-11-20(14-19)27-21(29)17-28-13-7-12-26-28/h3-14H,2,15-17H2,1H3,(H,27,29)(H2,23,24,25). The summed E-state index contributed by atoms with van der Waals surface area (Å²) >= 11 is 0. The lowest BCUT2D eigenvalue weighted by molar-refractivity contribution is -0.116. The van der Waals surface area contributed by atoms with Crippen molar-refractivity contribution in [2.75, 3.05) is 11.9 Å². The summed E-state index contributed by atoms with van der Waals surface area (Å²) in [6.45, 7) is 4.21. The second-order valence-electron chi connectivity index (χ2n) is 6.49. The zero-order chi connectivity index (χ0) is 20.3. The molecular formula is C22H26N6O. The monoisotopic (exact) mass is 390 g/mol. The highest BCUT2D eigenvalue weighted by molar-refractivity contribution is 5.90. The van der Waals surface area contributed by atoms with Crippen LogP contribution in [0.1, 0.15) is 18.1 Å². The van der Waals surface area contributed by atoms with Crippen molar-refractivity contribution >= 4 is 17.6 Å². The second kappa shape index (κ2) is 10.7. The molecule has 1 heterocycles. The fourth-order valence-corrected chi connectivity index (χ4v) is 2.78. The molecule has 7 heteroatoms. The Morgan fingerprint density at radius 2 is 1.86 bits per heavy atom. The molecule has 3 rings (SSSR count). The number of nitrogens with one attached hydrogen (secondary N) is 3. The van der Waals surface area contributed by atoms with Crippen LogP contribution in [0.3, 0.4) is 0 Å². The van der Waals surface area contributed by atoms with Crippen LogP contribution in [-0.4, -0.2) is 28.2 Å². The molecule has 1 aromatic heterocycles. The van der Waals surface area contributed by atoms with Gasteiger partial charge in [0, 0.05) is 31.2 Å². The van der Waals surface area contributed by atoms with Crippen molar-refractivity contribution < 1.29 is 4.79 Å². The van der Waals surface area contributed by atoms with Gasteiger partial charge in [-0.2, -0.15) is 5.10 Å². The van der Waals surface area contributed by atoms with E-state index in [2.05, 4.69) is 38.2 Å². The number of carbonyl (C=O) groups is 1. The number of amides is 1. The highest BCUT2D eigenvalue weighted by Gasteiger charge is 2.05. The molecule has 150 valence electrons. The molecule has 0 spiro atoms. The van der Waals surface area contributed by atoms with Crippen LogP contribution in [0.25, 0.3) is 0 Å². The average Bonchev–Trinajstić information content (AvgIpc) is 3.24. The van der Waals surface area contributed by atoms with Crippen molar-refractivity contribution in [3.8, 4) is 0 Å². The fraction of sp³-hybridized carbons (Fsp3) is 0.227. The molecular weight excluding hydrogens is 364 g/mol. The minimum absolute atomic E-state index is 0.118. The van der Waals surface area contributed by atoms with E-state index in [4.69, 9.17) is 0 Å². The summed E-state index contributed by atoms with van der Waals surface area (Å²) in [6, 6.07) is 19.7. The molecule has 0 aliphatic carbocycles. The predicted octanol–water partition coefficient (Wildman–Crippen LogP) is 2.78. The van der Waals surface area contributed by atoms with Crippen LogP contribution in [-0.2, 0) is 24.4 Å². The number of anilines is 1. The predicted molar refractivity (Wildman–Crippen MR) is 115 cm³/mol. The second-order valence-corrected chi connectivity index (χ2v) is 6.49. The summed E-state index contributed by atoms with van der Waals surface area (Å²) in [6.07, 6.45) is 3.41. The molecule has 7 nitrogen and oxygen atoms in total. The van der Waals surface area contributed by atoms with Crippen LogP contribution < -0.4 is 16.0 Å². The third kappa shape index (κ3) is 6.80. The van der Waals surface area contributed by atoms with E-state index in [-0.39, 0.29) is 12.5 Å². The number of aromatic nitrogens is 2. The Balaban J connectivity index is 1.57. The largest absolute Gasteiger partial charge is 0.357 e. The average molecular weight is 390 g/mol. The van der Waals surface area contributed by atoms with E-state index in [1.807, 2.05) is 49.4 Å². The molecule has 0 unspecified atom stereocenters. The number of hydrogen-bond donors (Lipinski definition) is 3. The first-order valence-electron chi connectivity index (χ1n) is 9.65. The smallest absolute Gasteiger partial charge is 0.246 e. The molecule has 1 amide bonds. The van der Waals surface area contributed by atoms with Crippen LogP contribution in [0.2, 0.25) is 0 Å². The lowest BCUT2D eigenvalue weighted by Crippen LogP contribution is -2.36. The van der Waals surface area contributed by atoms with Gasteiger partial charge in [0.2, 0.25) is 5.91 Å². The molecule has 0 saturated carbocycles. The van der Waals surface area contributed by atoms with Crippen LogP contribution in [0.4, 0.5) is 5.69 Å². The first-order chi connectivity index (χ1) is 14.2. The van der Waals surface area contributed by atoms with Gasteiger partial charge in [-0.3, -0.25) is 9.48 Å². The molecule has 0 radical (unpaired) electrons. The molecule has 0 aliphatic rings. The topological polar surface area (TPSA) is 83.3 Å². The summed E-state index contributed by atoms with van der Waals surface area (Å²) in [7, 11) is 0. The quantitative estimate of drug-likeness (QED) is 0.408. The van der Waals surface area contributed by atoms with Gasteiger partial charge in [0.15, 0.2) is 5.96 Å². The summed E-state index contributed by atoms with van der Waals surface area (Å²) < 4.78 is 1.59. The Kier molecular flexibility index (Phi) is 7.40.